The zero-order valence-corrected chi connectivity index (χ0v) is 19.7. The van der Waals surface area contributed by atoms with Crippen LogP contribution in [0.5, 0.6) is 0 Å². The van der Waals surface area contributed by atoms with Gasteiger partial charge in [-0.3, -0.25) is 0 Å². The molecule has 186 valence electrons. The fourth-order valence-corrected chi connectivity index (χ4v) is 3.69. The molecule has 0 spiro atoms. The molecule has 34 heavy (non-hydrogen) atoms. The molecule has 3 N–H and O–H groups in total. The summed E-state index contributed by atoms with van der Waals surface area (Å²) < 4.78 is 16.3. The number of ether oxygens (including phenoxy) is 3. The first-order chi connectivity index (χ1) is 16.1. The van der Waals surface area contributed by atoms with Gasteiger partial charge in [0, 0.05) is 17.6 Å². The maximum atomic E-state index is 13.0. The third-order valence-corrected chi connectivity index (χ3v) is 5.76. The topological polar surface area (TPSA) is 140 Å². The molecular formula is C25H32O9. The van der Waals surface area contributed by atoms with Crippen molar-refractivity contribution < 1.29 is 43.9 Å². The molecule has 4 unspecified atom stereocenters. The number of esters is 3. The summed E-state index contributed by atoms with van der Waals surface area (Å²) in [4.78, 5) is 37.3. The fourth-order valence-electron chi connectivity index (χ4n) is 3.69. The Morgan fingerprint density at radius 1 is 1.21 bits per heavy atom. The Morgan fingerprint density at radius 3 is 2.53 bits per heavy atom. The van der Waals surface area contributed by atoms with Crippen LogP contribution in [-0.4, -0.2) is 71.4 Å². The van der Waals surface area contributed by atoms with Crippen LogP contribution in [0.15, 0.2) is 58.7 Å². The number of hydrogen-bond acceptors (Lipinski definition) is 9. The minimum atomic E-state index is -0.833. The number of aliphatic hydroxyl groups excluding tert-OH is 3. The maximum absolute atomic E-state index is 13.0. The molecule has 1 aliphatic carbocycles. The van der Waals surface area contributed by atoms with Crippen molar-refractivity contribution in [2.24, 2.45) is 5.92 Å². The highest BCUT2D eigenvalue weighted by atomic mass is 16.6. The van der Waals surface area contributed by atoms with Gasteiger partial charge in [-0.05, 0) is 51.0 Å². The van der Waals surface area contributed by atoms with E-state index >= 15 is 0 Å². The van der Waals surface area contributed by atoms with Gasteiger partial charge in [-0.2, -0.15) is 0 Å². The van der Waals surface area contributed by atoms with Gasteiger partial charge in [0.05, 0.1) is 30.8 Å². The number of carbonyl (C=O) groups is 3. The lowest BCUT2D eigenvalue weighted by Crippen LogP contribution is -2.34. The van der Waals surface area contributed by atoms with Crippen molar-refractivity contribution in [3.05, 3.63) is 58.7 Å². The van der Waals surface area contributed by atoms with Gasteiger partial charge in [-0.25, -0.2) is 14.4 Å². The van der Waals surface area contributed by atoms with E-state index in [2.05, 4.69) is 6.58 Å². The van der Waals surface area contributed by atoms with E-state index in [1.165, 1.54) is 19.1 Å². The van der Waals surface area contributed by atoms with E-state index in [-0.39, 0.29) is 29.7 Å². The minimum absolute atomic E-state index is 0.0825. The Bertz CT molecular complexity index is 938. The third-order valence-electron chi connectivity index (χ3n) is 5.76. The SMILES string of the molecule is C=C1C(=O)OC2C=C(C)C(O)CC=C(C)CC(OC(=O)C(=CCO)COC(=O)C(C)=CCO)C12. The zero-order chi connectivity index (χ0) is 25.4. The van der Waals surface area contributed by atoms with Crippen molar-refractivity contribution >= 4 is 17.9 Å². The highest BCUT2D eigenvalue weighted by Crippen LogP contribution is 2.36. The first-order valence-electron chi connectivity index (χ1n) is 11.0. The van der Waals surface area contributed by atoms with Crippen LogP contribution in [-0.2, 0) is 28.6 Å². The first-order valence-corrected chi connectivity index (χ1v) is 11.0. The summed E-state index contributed by atoms with van der Waals surface area (Å²) in [6.07, 6.45) is 4.19. The monoisotopic (exact) mass is 476 g/mol. The van der Waals surface area contributed by atoms with Crippen LogP contribution < -0.4 is 0 Å². The molecule has 1 saturated heterocycles. The highest BCUT2D eigenvalue weighted by Gasteiger charge is 2.44. The van der Waals surface area contributed by atoms with Gasteiger partial charge in [0.2, 0.25) is 0 Å². The summed E-state index contributed by atoms with van der Waals surface area (Å²) in [7, 11) is 0. The predicted molar refractivity (Wildman–Crippen MR) is 122 cm³/mol. The van der Waals surface area contributed by atoms with Crippen molar-refractivity contribution in [2.45, 2.75) is 51.9 Å². The lowest BCUT2D eigenvalue weighted by atomic mass is 9.85. The van der Waals surface area contributed by atoms with Gasteiger partial charge in [0.25, 0.3) is 0 Å². The Kier molecular flexibility index (Phi) is 9.97. The van der Waals surface area contributed by atoms with Gasteiger partial charge in [0.15, 0.2) is 0 Å². The molecule has 4 atom stereocenters. The number of aliphatic hydroxyl groups is 3. The molecular weight excluding hydrogens is 444 g/mol. The van der Waals surface area contributed by atoms with Crippen molar-refractivity contribution in [1.82, 2.24) is 0 Å². The standard InChI is InChI=1S/C25H32O9/c1-14-5-6-19(28)16(3)12-21-22(17(4)24(30)33-21)20(11-14)34-25(31)18(8-10-27)13-32-23(29)15(2)7-9-26/h5,7-8,12,19-22,26-28H,4,6,9-11,13H2,1-3H3. The third kappa shape index (κ3) is 6.99. The molecule has 9 nitrogen and oxygen atoms in total. The largest absolute Gasteiger partial charge is 0.458 e. The summed E-state index contributed by atoms with van der Waals surface area (Å²) >= 11 is 0. The van der Waals surface area contributed by atoms with Gasteiger partial charge in [-0.15, -0.1) is 0 Å². The Hall–Kier alpha value is -3.01. The van der Waals surface area contributed by atoms with Crippen molar-refractivity contribution in [1.29, 1.82) is 0 Å². The molecule has 0 radical (unpaired) electrons. The molecule has 1 aliphatic heterocycles. The lowest BCUT2D eigenvalue weighted by molar-refractivity contribution is -0.148. The zero-order valence-electron chi connectivity index (χ0n) is 19.7. The summed E-state index contributed by atoms with van der Waals surface area (Å²) in [5.74, 6) is -2.85. The predicted octanol–water partition coefficient (Wildman–Crippen LogP) is 1.44. The van der Waals surface area contributed by atoms with E-state index in [9.17, 15) is 24.6 Å². The van der Waals surface area contributed by atoms with Crippen molar-refractivity contribution in [3.63, 3.8) is 0 Å². The maximum Gasteiger partial charge on any atom is 0.337 e. The summed E-state index contributed by atoms with van der Waals surface area (Å²) in [5, 5.41) is 28.6. The molecule has 0 aromatic rings. The molecule has 1 heterocycles. The second-order valence-electron chi connectivity index (χ2n) is 8.34. The number of hydrogen-bond donors (Lipinski definition) is 3. The molecule has 0 aromatic carbocycles. The Labute approximate surface area is 198 Å². The molecule has 0 aromatic heterocycles. The Balaban J connectivity index is 2.29. The average molecular weight is 477 g/mol. The molecule has 9 heteroatoms. The van der Waals surface area contributed by atoms with Crippen LogP contribution in [0.4, 0.5) is 0 Å². The number of carbonyl (C=O) groups excluding carboxylic acids is 3. The quantitative estimate of drug-likeness (QED) is 0.215. The van der Waals surface area contributed by atoms with Gasteiger partial charge >= 0.3 is 17.9 Å². The highest BCUT2D eigenvalue weighted by molar-refractivity contribution is 5.93. The van der Waals surface area contributed by atoms with E-state index in [1.54, 1.807) is 13.0 Å². The molecule has 2 aliphatic rings. The van der Waals surface area contributed by atoms with E-state index in [0.29, 0.717) is 12.0 Å². The van der Waals surface area contributed by atoms with Crippen LogP contribution in [0.1, 0.15) is 33.6 Å². The van der Waals surface area contributed by atoms with E-state index in [4.69, 9.17) is 19.3 Å². The van der Waals surface area contributed by atoms with E-state index < -0.39 is 55.4 Å². The summed E-state index contributed by atoms with van der Waals surface area (Å²) in [5.41, 5.74) is 1.69. The number of rotatable bonds is 7. The normalized spacial score (nSPS) is 26.2. The van der Waals surface area contributed by atoms with Crippen LogP contribution in [0.3, 0.4) is 0 Å². The second-order valence-corrected chi connectivity index (χ2v) is 8.34. The van der Waals surface area contributed by atoms with E-state index in [0.717, 1.165) is 5.57 Å². The molecule has 0 saturated carbocycles. The average Bonchev–Trinajstić information content (AvgIpc) is 3.06. The summed E-state index contributed by atoms with van der Waals surface area (Å²) in [6.45, 7) is 7.55. The van der Waals surface area contributed by atoms with Crippen LogP contribution in [0, 0.1) is 5.92 Å². The molecule has 2 rings (SSSR count). The van der Waals surface area contributed by atoms with Gasteiger partial charge in [0.1, 0.15) is 18.8 Å². The molecule has 0 amide bonds. The molecule has 0 bridgehead atoms. The van der Waals surface area contributed by atoms with Crippen LogP contribution >= 0.6 is 0 Å². The fraction of sp³-hybridized carbons (Fsp3) is 0.480. The van der Waals surface area contributed by atoms with Gasteiger partial charge in [-0.1, -0.05) is 18.2 Å². The van der Waals surface area contributed by atoms with Crippen molar-refractivity contribution in [3.8, 4) is 0 Å². The number of fused-ring (bicyclic) bond motifs is 1. The van der Waals surface area contributed by atoms with Crippen LogP contribution in [0.2, 0.25) is 0 Å². The van der Waals surface area contributed by atoms with Crippen LogP contribution in [0.25, 0.3) is 0 Å². The van der Waals surface area contributed by atoms with E-state index in [1.807, 2.05) is 13.0 Å². The first kappa shape index (κ1) is 27.2. The van der Waals surface area contributed by atoms with Gasteiger partial charge < -0.3 is 29.5 Å². The lowest BCUT2D eigenvalue weighted by Gasteiger charge is -2.28. The van der Waals surface area contributed by atoms with Crippen molar-refractivity contribution in [2.75, 3.05) is 19.8 Å². The summed E-state index contributed by atoms with van der Waals surface area (Å²) in [6, 6.07) is 0. The molecule has 1 fully saturated rings. The smallest absolute Gasteiger partial charge is 0.337 e. The Morgan fingerprint density at radius 2 is 1.88 bits per heavy atom. The minimum Gasteiger partial charge on any atom is -0.458 e. The second kappa shape index (κ2) is 12.5.